The summed E-state index contributed by atoms with van der Waals surface area (Å²) >= 11 is 5.97. The van der Waals surface area contributed by atoms with Crippen LogP contribution in [-0.2, 0) is 25.9 Å². The molecular formula is C20H22ClNO5S. The quantitative estimate of drug-likeness (QED) is 0.639. The van der Waals surface area contributed by atoms with Gasteiger partial charge in [-0.1, -0.05) is 48.9 Å². The van der Waals surface area contributed by atoms with Crippen LogP contribution < -0.4 is 0 Å². The van der Waals surface area contributed by atoms with Gasteiger partial charge in [-0.25, -0.2) is 8.42 Å². The van der Waals surface area contributed by atoms with Gasteiger partial charge in [0.25, 0.3) is 5.91 Å². The van der Waals surface area contributed by atoms with Crippen LogP contribution in [0.5, 0.6) is 0 Å². The lowest BCUT2D eigenvalue weighted by Gasteiger charge is -2.25. The number of rotatable bonds is 7. The van der Waals surface area contributed by atoms with Gasteiger partial charge in [-0.2, -0.15) is 0 Å². The SMILES string of the molecule is COC(=O)C(C)CN(Cc1ccccc1)C(=O)c1ccc(Cl)c(S(C)(=O)=O)c1. The van der Waals surface area contributed by atoms with E-state index in [1.54, 1.807) is 6.92 Å². The number of ether oxygens (including phenoxy) is 1. The maximum Gasteiger partial charge on any atom is 0.310 e. The average molecular weight is 424 g/mol. The number of hydrogen-bond acceptors (Lipinski definition) is 5. The number of amides is 1. The Morgan fingerprint density at radius 2 is 1.79 bits per heavy atom. The maximum atomic E-state index is 13.1. The Morgan fingerprint density at radius 3 is 2.36 bits per heavy atom. The van der Waals surface area contributed by atoms with E-state index in [9.17, 15) is 18.0 Å². The van der Waals surface area contributed by atoms with E-state index in [4.69, 9.17) is 16.3 Å². The molecular weight excluding hydrogens is 402 g/mol. The van der Waals surface area contributed by atoms with Crippen LogP contribution in [0.3, 0.4) is 0 Å². The van der Waals surface area contributed by atoms with Crippen molar-refractivity contribution >= 4 is 33.3 Å². The van der Waals surface area contributed by atoms with E-state index in [2.05, 4.69) is 0 Å². The van der Waals surface area contributed by atoms with Crippen LogP contribution in [-0.4, -0.2) is 45.1 Å². The third-order valence-corrected chi connectivity index (χ3v) is 5.76. The summed E-state index contributed by atoms with van der Waals surface area (Å²) in [5.74, 6) is -1.38. The van der Waals surface area contributed by atoms with Gasteiger partial charge in [0, 0.05) is 24.9 Å². The number of benzene rings is 2. The standard InChI is InChI=1S/C20H22ClNO5S/c1-14(20(24)27-2)12-22(13-15-7-5-4-6-8-15)19(23)16-9-10-17(21)18(11-16)28(3,25)26/h4-11,14H,12-13H2,1-3H3. The molecule has 150 valence electrons. The third-order valence-electron chi connectivity index (χ3n) is 4.18. The highest BCUT2D eigenvalue weighted by Gasteiger charge is 2.24. The van der Waals surface area contributed by atoms with Crippen molar-refractivity contribution in [3.8, 4) is 0 Å². The number of nitrogens with zero attached hydrogens (tertiary/aromatic N) is 1. The number of esters is 1. The van der Waals surface area contributed by atoms with E-state index in [0.29, 0.717) is 0 Å². The molecule has 0 radical (unpaired) electrons. The summed E-state index contributed by atoms with van der Waals surface area (Å²) in [5, 5.41) is 0.0524. The van der Waals surface area contributed by atoms with Gasteiger partial charge in [0.15, 0.2) is 9.84 Å². The van der Waals surface area contributed by atoms with E-state index in [-0.39, 0.29) is 28.6 Å². The average Bonchev–Trinajstić information content (AvgIpc) is 2.66. The van der Waals surface area contributed by atoms with Crippen molar-refractivity contribution in [1.29, 1.82) is 0 Å². The second-order valence-corrected chi connectivity index (χ2v) is 8.90. The molecule has 1 amide bonds. The summed E-state index contributed by atoms with van der Waals surface area (Å²) in [5.41, 5.74) is 1.06. The topological polar surface area (TPSA) is 80.8 Å². The molecule has 0 aliphatic carbocycles. The molecule has 0 saturated heterocycles. The summed E-state index contributed by atoms with van der Waals surface area (Å²) in [6.45, 7) is 2.05. The fraction of sp³-hybridized carbons (Fsp3) is 0.300. The lowest BCUT2D eigenvalue weighted by atomic mass is 10.1. The molecule has 0 bridgehead atoms. The molecule has 0 N–H and O–H groups in total. The van der Waals surface area contributed by atoms with Crippen LogP contribution in [0.1, 0.15) is 22.8 Å². The largest absolute Gasteiger partial charge is 0.469 e. The molecule has 0 fully saturated rings. The molecule has 2 rings (SSSR count). The third kappa shape index (κ3) is 5.56. The van der Waals surface area contributed by atoms with Crippen molar-refractivity contribution in [3.05, 3.63) is 64.7 Å². The van der Waals surface area contributed by atoms with Crippen molar-refractivity contribution in [2.45, 2.75) is 18.4 Å². The molecule has 0 saturated carbocycles. The second kappa shape index (κ2) is 9.21. The van der Waals surface area contributed by atoms with Crippen molar-refractivity contribution in [1.82, 2.24) is 4.90 Å². The van der Waals surface area contributed by atoms with Crippen molar-refractivity contribution in [2.75, 3.05) is 19.9 Å². The van der Waals surface area contributed by atoms with Gasteiger partial charge in [0.2, 0.25) is 0 Å². The minimum Gasteiger partial charge on any atom is -0.469 e. The molecule has 8 heteroatoms. The minimum absolute atomic E-state index is 0.0524. The van der Waals surface area contributed by atoms with Gasteiger partial charge in [-0.05, 0) is 23.8 Å². The Kier molecular flexibility index (Phi) is 7.21. The highest BCUT2D eigenvalue weighted by atomic mass is 35.5. The number of hydrogen-bond donors (Lipinski definition) is 0. The Morgan fingerprint density at radius 1 is 1.14 bits per heavy atom. The normalized spacial score (nSPS) is 12.3. The highest BCUT2D eigenvalue weighted by molar-refractivity contribution is 7.90. The first-order chi connectivity index (χ1) is 13.1. The number of carbonyl (C=O) groups is 2. The van der Waals surface area contributed by atoms with Crippen molar-refractivity contribution in [2.24, 2.45) is 5.92 Å². The van der Waals surface area contributed by atoms with E-state index < -0.39 is 27.6 Å². The zero-order chi connectivity index (χ0) is 20.9. The van der Waals surface area contributed by atoms with E-state index in [0.717, 1.165) is 11.8 Å². The van der Waals surface area contributed by atoms with Gasteiger partial charge in [0.05, 0.1) is 22.9 Å². The van der Waals surface area contributed by atoms with E-state index in [1.165, 1.54) is 30.2 Å². The number of methoxy groups -OCH3 is 1. The van der Waals surface area contributed by atoms with Gasteiger partial charge < -0.3 is 9.64 Å². The Bertz CT molecular complexity index is 960. The fourth-order valence-electron chi connectivity index (χ4n) is 2.73. The molecule has 28 heavy (non-hydrogen) atoms. The number of halogens is 1. The monoisotopic (exact) mass is 423 g/mol. The van der Waals surface area contributed by atoms with Crippen LogP contribution in [0, 0.1) is 5.92 Å². The summed E-state index contributed by atoms with van der Waals surface area (Å²) in [4.78, 5) is 26.3. The predicted octanol–water partition coefficient (Wildman–Crippen LogP) is 3.20. The lowest BCUT2D eigenvalue weighted by molar-refractivity contribution is -0.145. The number of carbonyl (C=O) groups excluding carboxylic acids is 2. The molecule has 1 atom stereocenters. The second-order valence-electron chi connectivity index (χ2n) is 6.51. The van der Waals surface area contributed by atoms with E-state index >= 15 is 0 Å². The van der Waals surface area contributed by atoms with Crippen LogP contribution in [0.2, 0.25) is 5.02 Å². The lowest BCUT2D eigenvalue weighted by Crippen LogP contribution is -2.37. The molecule has 0 aliphatic heterocycles. The Balaban J connectivity index is 2.39. The predicted molar refractivity (Wildman–Crippen MR) is 107 cm³/mol. The summed E-state index contributed by atoms with van der Waals surface area (Å²) in [7, 11) is -2.30. The molecule has 2 aromatic carbocycles. The smallest absolute Gasteiger partial charge is 0.310 e. The first-order valence-corrected chi connectivity index (χ1v) is 10.8. The van der Waals surface area contributed by atoms with Gasteiger partial charge in [-0.15, -0.1) is 0 Å². The molecule has 0 heterocycles. The van der Waals surface area contributed by atoms with Crippen LogP contribution >= 0.6 is 11.6 Å². The highest BCUT2D eigenvalue weighted by Crippen LogP contribution is 2.24. The Hall–Kier alpha value is -2.38. The van der Waals surface area contributed by atoms with Crippen molar-refractivity contribution in [3.63, 3.8) is 0 Å². The molecule has 0 aliphatic rings. The molecule has 2 aromatic rings. The Labute approximate surface area is 170 Å². The summed E-state index contributed by atoms with van der Waals surface area (Å²) in [6, 6.07) is 13.4. The first-order valence-electron chi connectivity index (χ1n) is 8.54. The maximum absolute atomic E-state index is 13.1. The minimum atomic E-state index is -3.59. The summed E-state index contributed by atoms with van der Waals surface area (Å²) < 4.78 is 28.6. The molecule has 0 spiro atoms. The summed E-state index contributed by atoms with van der Waals surface area (Å²) in [6.07, 6.45) is 1.03. The van der Waals surface area contributed by atoms with Crippen molar-refractivity contribution < 1.29 is 22.7 Å². The van der Waals surface area contributed by atoms with Crippen LogP contribution in [0.15, 0.2) is 53.4 Å². The molecule has 6 nitrogen and oxygen atoms in total. The molecule has 1 unspecified atom stereocenters. The first kappa shape index (κ1) is 21.9. The van der Waals surface area contributed by atoms with Crippen LogP contribution in [0.25, 0.3) is 0 Å². The fourth-order valence-corrected chi connectivity index (χ4v) is 4.03. The van der Waals surface area contributed by atoms with Gasteiger partial charge in [0.1, 0.15) is 0 Å². The molecule has 0 aromatic heterocycles. The van der Waals surface area contributed by atoms with Crippen LogP contribution in [0.4, 0.5) is 0 Å². The van der Waals surface area contributed by atoms with Gasteiger partial charge >= 0.3 is 5.97 Å². The van der Waals surface area contributed by atoms with E-state index in [1.807, 2.05) is 30.3 Å². The number of sulfone groups is 1. The zero-order valence-corrected chi connectivity index (χ0v) is 17.5. The zero-order valence-electron chi connectivity index (χ0n) is 15.9. The van der Waals surface area contributed by atoms with Gasteiger partial charge in [-0.3, -0.25) is 9.59 Å².